The van der Waals surface area contributed by atoms with Crippen molar-refractivity contribution in [3.8, 4) is 50.9 Å². The zero-order valence-corrected chi connectivity index (χ0v) is 32.9. The largest absolute Gasteiger partial charge is 0.426 e. The van der Waals surface area contributed by atoms with E-state index < -0.39 is 11.9 Å². The molecule has 0 fully saturated rings. The first-order valence-corrected chi connectivity index (χ1v) is 19.2. The van der Waals surface area contributed by atoms with Crippen LogP contribution in [0.25, 0.3) is 78.6 Å². The van der Waals surface area contributed by atoms with Crippen LogP contribution in [0.4, 0.5) is 0 Å². The first-order chi connectivity index (χ1) is 27.5. The fourth-order valence-corrected chi connectivity index (χ4v) is 7.88. The first kappa shape index (κ1) is 37.3. The van der Waals surface area contributed by atoms with Gasteiger partial charge in [-0.15, -0.1) is 23.2 Å². The molecule has 3 N–H and O–H groups in total. The topological polar surface area (TPSA) is 137 Å². The molecule has 0 saturated carbocycles. The van der Waals surface area contributed by atoms with Crippen molar-refractivity contribution in [2.24, 2.45) is 0 Å². The Bertz CT molecular complexity index is 2940. The highest BCUT2D eigenvalue weighted by atomic mass is 35.5. The van der Waals surface area contributed by atoms with Crippen molar-refractivity contribution in [1.29, 1.82) is 5.26 Å². The van der Waals surface area contributed by atoms with Crippen LogP contribution in [-0.4, -0.2) is 43.6 Å². The molecule has 7 aromatic rings. The van der Waals surface area contributed by atoms with Gasteiger partial charge in [0.05, 0.1) is 28.5 Å². The van der Waals surface area contributed by atoms with Gasteiger partial charge in [0, 0.05) is 44.3 Å². The lowest BCUT2D eigenvalue weighted by molar-refractivity contribution is -0.132. The van der Waals surface area contributed by atoms with E-state index in [1.54, 1.807) is 0 Å². The first-order valence-electron chi connectivity index (χ1n) is 18.2. The number of nitrogens with one attached hydrogen (secondary N) is 3. The maximum atomic E-state index is 12.1. The van der Waals surface area contributed by atoms with Gasteiger partial charge in [-0.05, 0) is 152 Å². The van der Waals surface area contributed by atoms with Crippen LogP contribution in [0.2, 0.25) is 0 Å². The van der Waals surface area contributed by atoms with E-state index in [0.717, 1.165) is 100 Å². The molecule has 0 spiro atoms. The minimum absolute atomic E-state index is 0.248. The minimum atomic E-state index is -0.528. The van der Waals surface area contributed by atoms with Gasteiger partial charge >= 0.3 is 11.9 Å². The third-order valence-electron chi connectivity index (χ3n) is 10.1. The molecule has 0 saturated heterocycles. The van der Waals surface area contributed by atoms with Crippen LogP contribution in [0.1, 0.15) is 39.2 Å². The van der Waals surface area contributed by atoms with Crippen LogP contribution >= 0.6 is 23.2 Å². The smallest absolute Gasteiger partial charge is 0.326 e. The Morgan fingerprint density at radius 1 is 0.561 bits per heavy atom. The molecular weight excluding hydrogens is 757 g/mol. The second kappa shape index (κ2) is 15.1. The summed E-state index contributed by atoms with van der Waals surface area (Å²) in [6.45, 7) is 7.95. The van der Waals surface area contributed by atoms with Crippen LogP contribution in [0.3, 0.4) is 0 Å². The standard InChI is InChI=1S/C46H35Cl2N5O4/c1-24-17-30(56-40(54)21-47)18-25(2)42(24)45-36-11-9-32(50-36)33-10-12-37(51-33)46(43-26(3)19-31(20-27(43)4)57-41(55)22-48)39-16-14-35(53-39)44(34-13-15-38(45)52-34)29-7-5-28(23-49)6-8-29/h5-20,50,52-53H,21-22H2,1-4H3. The van der Waals surface area contributed by atoms with Gasteiger partial charge < -0.3 is 24.4 Å². The summed E-state index contributed by atoms with van der Waals surface area (Å²) in [7, 11) is 0. The fraction of sp³-hybridized carbons (Fsp3) is 0.130. The molecule has 0 aliphatic carbocycles. The molecule has 5 heterocycles. The summed E-state index contributed by atoms with van der Waals surface area (Å²) in [5.74, 6) is -0.708. The van der Waals surface area contributed by atoms with Gasteiger partial charge in [-0.1, -0.05) is 12.1 Å². The normalized spacial score (nSPS) is 11.5. The van der Waals surface area contributed by atoms with E-state index in [4.69, 9.17) is 37.7 Å². The maximum Gasteiger partial charge on any atom is 0.326 e. The molecule has 0 atom stereocenters. The Kier molecular flexibility index (Phi) is 9.92. The number of aryl methyl sites for hydroxylation is 4. The highest BCUT2D eigenvalue weighted by Gasteiger charge is 2.20. The number of alkyl halides is 2. The molecular formula is C46H35Cl2N5O4. The molecule has 0 unspecified atom stereocenters. The zero-order valence-electron chi connectivity index (χ0n) is 31.4. The number of nitrogens with zero attached hydrogens (tertiary/aromatic N) is 2. The summed E-state index contributed by atoms with van der Waals surface area (Å²) >= 11 is 11.5. The Hall–Kier alpha value is -6.60. The summed E-state index contributed by atoms with van der Waals surface area (Å²) in [5.41, 5.74) is 16.2. The minimum Gasteiger partial charge on any atom is -0.426 e. The number of ether oxygens (including phenoxy) is 2. The van der Waals surface area contributed by atoms with Crippen molar-refractivity contribution < 1.29 is 19.1 Å². The number of carbonyl (C=O) groups is 2. The number of benzene rings is 3. The number of esters is 2. The molecule has 1 aliphatic heterocycles. The summed E-state index contributed by atoms with van der Waals surface area (Å²) < 4.78 is 11.0. The number of carbonyl (C=O) groups excluding carboxylic acids is 2. The maximum absolute atomic E-state index is 12.1. The number of hydrogen-bond acceptors (Lipinski definition) is 6. The summed E-state index contributed by atoms with van der Waals surface area (Å²) in [6, 6.07) is 29.4. The quantitative estimate of drug-likeness (QED) is 0.0835. The summed E-state index contributed by atoms with van der Waals surface area (Å²) in [6.07, 6.45) is 4.01. The van der Waals surface area contributed by atoms with E-state index >= 15 is 0 Å². The molecule has 1 aliphatic rings. The predicted molar refractivity (Wildman–Crippen MR) is 228 cm³/mol. The molecule has 57 heavy (non-hydrogen) atoms. The van der Waals surface area contributed by atoms with Crippen molar-refractivity contribution in [3.05, 3.63) is 124 Å². The van der Waals surface area contributed by atoms with Crippen LogP contribution in [0, 0.1) is 39.0 Å². The van der Waals surface area contributed by atoms with Gasteiger partial charge in [0.25, 0.3) is 0 Å². The second-order valence-corrected chi connectivity index (χ2v) is 14.5. The van der Waals surface area contributed by atoms with E-state index in [0.29, 0.717) is 17.1 Å². The Balaban J connectivity index is 1.48. The van der Waals surface area contributed by atoms with Gasteiger partial charge in [-0.3, -0.25) is 9.59 Å². The molecule has 4 aromatic heterocycles. The SMILES string of the molecule is Cc1cc(OC(=O)CCl)cc(C)c1-c1c2nc(c3ccc([nH]3)c(-c3c(C)cc(OC(=O)CCl)cc3C)c3ccc([nH]3)c(-c3ccc(C#N)cc3)c3ccc1[nH]3)C=C2. The van der Waals surface area contributed by atoms with Gasteiger partial charge in [0.2, 0.25) is 0 Å². The summed E-state index contributed by atoms with van der Waals surface area (Å²) in [4.78, 5) is 40.6. The highest BCUT2D eigenvalue weighted by Crippen LogP contribution is 2.40. The van der Waals surface area contributed by atoms with E-state index in [1.165, 1.54) is 0 Å². The number of halogens is 2. The number of rotatable bonds is 7. The molecule has 8 rings (SSSR count). The zero-order chi connectivity index (χ0) is 40.0. The van der Waals surface area contributed by atoms with Gasteiger partial charge in [0.1, 0.15) is 23.3 Å². The molecule has 3 aromatic carbocycles. The number of aromatic amines is 3. The van der Waals surface area contributed by atoms with Crippen LogP contribution in [0.15, 0.2) is 84.9 Å². The van der Waals surface area contributed by atoms with Crippen LogP contribution in [-0.2, 0) is 9.59 Å². The fourth-order valence-electron chi connectivity index (χ4n) is 7.77. The molecule has 9 nitrogen and oxygen atoms in total. The van der Waals surface area contributed by atoms with E-state index in [9.17, 15) is 14.9 Å². The highest BCUT2D eigenvalue weighted by molar-refractivity contribution is 6.27. The monoisotopic (exact) mass is 791 g/mol. The molecule has 0 radical (unpaired) electrons. The van der Waals surface area contributed by atoms with E-state index in [2.05, 4.69) is 39.2 Å². The van der Waals surface area contributed by atoms with E-state index in [-0.39, 0.29) is 11.8 Å². The third kappa shape index (κ3) is 7.06. The Morgan fingerprint density at radius 3 is 1.44 bits per heavy atom. The lowest BCUT2D eigenvalue weighted by Gasteiger charge is -2.14. The van der Waals surface area contributed by atoms with Crippen LogP contribution < -0.4 is 9.47 Å². The lowest BCUT2D eigenvalue weighted by Crippen LogP contribution is -2.09. The number of aromatic nitrogens is 4. The van der Waals surface area contributed by atoms with E-state index in [1.807, 2.05) is 107 Å². The lowest BCUT2D eigenvalue weighted by atomic mass is 9.94. The third-order valence-corrected chi connectivity index (χ3v) is 10.5. The number of H-pyrrole nitrogens is 3. The predicted octanol–water partition coefficient (Wildman–Crippen LogP) is 11.1. The molecule has 11 heteroatoms. The molecule has 8 bridgehead atoms. The number of nitriles is 1. The molecule has 0 amide bonds. The number of hydrogen-bond donors (Lipinski definition) is 3. The average Bonchev–Trinajstić information content (AvgIpc) is 4.03. The van der Waals surface area contributed by atoms with Crippen molar-refractivity contribution in [2.45, 2.75) is 27.7 Å². The average molecular weight is 793 g/mol. The Morgan fingerprint density at radius 2 is 0.965 bits per heavy atom. The molecule has 282 valence electrons. The van der Waals surface area contributed by atoms with Gasteiger partial charge in [-0.2, -0.15) is 5.26 Å². The number of fused-ring (bicyclic) bond motifs is 9. The van der Waals surface area contributed by atoms with Gasteiger partial charge in [0.15, 0.2) is 0 Å². The Labute approximate surface area is 337 Å². The second-order valence-electron chi connectivity index (χ2n) is 14.0. The van der Waals surface area contributed by atoms with Crippen molar-refractivity contribution >= 4 is 80.4 Å². The summed E-state index contributed by atoms with van der Waals surface area (Å²) in [5, 5.41) is 9.62. The van der Waals surface area contributed by atoms with Crippen LogP contribution in [0.5, 0.6) is 11.5 Å². The van der Waals surface area contributed by atoms with Gasteiger partial charge in [-0.25, -0.2) is 4.98 Å². The van der Waals surface area contributed by atoms with Crippen molar-refractivity contribution in [1.82, 2.24) is 19.9 Å². The van der Waals surface area contributed by atoms with Crippen molar-refractivity contribution in [2.75, 3.05) is 11.8 Å². The van der Waals surface area contributed by atoms with Crippen molar-refractivity contribution in [3.63, 3.8) is 0 Å².